The Morgan fingerprint density at radius 2 is 0.741 bits per heavy atom. The van der Waals surface area contributed by atoms with Crippen LogP contribution in [-0.4, -0.2) is 9.97 Å². The van der Waals surface area contributed by atoms with E-state index >= 15 is 0 Å². The van der Waals surface area contributed by atoms with Crippen molar-refractivity contribution in [2.24, 2.45) is 0 Å². The fourth-order valence-corrected chi connectivity index (χ4v) is 8.93. The van der Waals surface area contributed by atoms with Gasteiger partial charge in [-0.1, -0.05) is 161 Å². The van der Waals surface area contributed by atoms with Crippen molar-refractivity contribution >= 4 is 0 Å². The molecule has 1 heterocycles. The minimum absolute atomic E-state index is 0.0354. The summed E-state index contributed by atoms with van der Waals surface area (Å²) in [5.41, 5.74) is 20.7. The van der Waals surface area contributed by atoms with E-state index in [1.165, 1.54) is 61.2 Å². The van der Waals surface area contributed by atoms with Crippen LogP contribution in [0.3, 0.4) is 0 Å². The molecule has 2 heteroatoms. The maximum absolute atomic E-state index is 5.09. The molecule has 0 unspecified atom stereocenters. The topological polar surface area (TPSA) is 25.8 Å². The monoisotopic (exact) mass is 692 g/mol. The number of rotatable bonds is 5. The Bertz CT molecular complexity index is 2700. The second-order valence-corrected chi connectivity index (χ2v) is 15.9. The van der Waals surface area contributed by atoms with E-state index in [9.17, 15) is 0 Å². The first-order chi connectivity index (χ1) is 26.3. The van der Waals surface area contributed by atoms with Gasteiger partial charge in [0.2, 0.25) is 0 Å². The smallest absolute Gasteiger partial charge is 0.160 e. The third-order valence-electron chi connectivity index (χ3n) is 11.9. The van der Waals surface area contributed by atoms with Gasteiger partial charge in [-0.3, -0.25) is 0 Å². The van der Waals surface area contributed by atoms with Gasteiger partial charge in [0, 0.05) is 27.5 Å². The zero-order chi connectivity index (χ0) is 36.6. The molecule has 2 aliphatic carbocycles. The SMILES string of the molecule is CC1(C)c2ccccc2-c2cc3c(cc21)-c1cc(-c2cccc(-c4cccc(-c5cc(-c6ccccc6)nc(-c6ccccc6)n5)c4)c2)ccc1C3(C)C. The molecular weight excluding hydrogens is 653 g/mol. The van der Waals surface area contributed by atoms with Gasteiger partial charge in [-0.25, -0.2) is 9.97 Å². The molecule has 0 radical (unpaired) electrons. The maximum Gasteiger partial charge on any atom is 0.160 e. The van der Waals surface area contributed by atoms with Gasteiger partial charge < -0.3 is 0 Å². The highest BCUT2D eigenvalue weighted by molar-refractivity contribution is 5.91. The fourth-order valence-electron chi connectivity index (χ4n) is 8.93. The molecule has 10 rings (SSSR count). The zero-order valence-electron chi connectivity index (χ0n) is 31.1. The molecule has 2 aliphatic rings. The van der Waals surface area contributed by atoms with Gasteiger partial charge in [-0.15, -0.1) is 0 Å². The summed E-state index contributed by atoms with van der Waals surface area (Å²) in [6, 6.07) is 61.4. The summed E-state index contributed by atoms with van der Waals surface area (Å²) in [7, 11) is 0. The molecule has 0 amide bonds. The molecule has 0 saturated heterocycles. The molecule has 1 aromatic heterocycles. The Labute approximate surface area is 317 Å². The highest BCUT2D eigenvalue weighted by Gasteiger charge is 2.41. The predicted molar refractivity (Wildman–Crippen MR) is 224 cm³/mol. The van der Waals surface area contributed by atoms with Crippen LogP contribution in [0, 0.1) is 0 Å². The minimum Gasteiger partial charge on any atom is -0.228 e. The van der Waals surface area contributed by atoms with E-state index in [1.54, 1.807) is 0 Å². The van der Waals surface area contributed by atoms with Gasteiger partial charge in [0.15, 0.2) is 5.82 Å². The number of benzene rings is 7. The summed E-state index contributed by atoms with van der Waals surface area (Å²) in [5, 5.41) is 0. The second-order valence-electron chi connectivity index (χ2n) is 15.9. The summed E-state index contributed by atoms with van der Waals surface area (Å²) in [6.07, 6.45) is 0. The van der Waals surface area contributed by atoms with Gasteiger partial charge in [0.05, 0.1) is 11.4 Å². The van der Waals surface area contributed by atoms with Crippen molar-refractivity contribution in [3.63, 3.8) is 0 Å². The van der Waals surface area contributed by atoms with E-state index in [4.69, 9.17) is 9.97 Å². The third kappa shape index (κ3) is 5.09. The quantitative estimate of drug-likeness (QED) is 0.179. The lowest BCUT2D eigenvalue weighted by Gasteiger charge is -2.24. The lowest BCUT2D eigenvalue weighted by atomic mass is 9.79. The van der Waals surface area contributed by atoms with Gasteiger partial charge in [-0.2, -0.15) is 0 Å². The number of hydrogen-bond donors (Lipinski definition) is 0. The number of hydrogen-bond acceptors (Lipinski definition) is 2. The molecular formula is C52H40N2. The van der Waals surface area contributed by atoms with Crippen molar-refractivity contribution in [3.8, 4) is 78.4 Å². The fraction of sp³-hybridized carbons (Fsp3) is 0.115. The lowest BCUT2D eigenvalue weighted by Crippen LogP contribution is -2.16. The van der Waals surface area contributed by atoms with Crippen molar-refractivity contribution in [2.75, 3.05) is 0 Å². The van der Waals surface area contributed by atoms with Crippen LogP contribution in [-0.2, 0) is 10.8 Å². The highest BCUT2D eigenvalue weighted by atomic mass is 14.9. The van der Waals surface area contributed by atoms with E-state index in [0.717, 1.165) is 39.5 Å². The summed E-state index contributed by atoms with van der Waals surface area (Å²) in [4.78, 5) is 10.1. The van der Waals surface area contributed by atoms with E-state index in [-0.39, 0.29) is 10.8 Å². The van der Waals surface area contributed by atoms with Crippen molar-refractivity contribution in [2.45, 2.75) is 38.5 Å². The van der Waals surface area contributed by atoms with Gasteiger partial charge >= 0.3 is 0 Å². The van der Waals surface area contributed by atoms with Crippen LogP contribution in [0.15, 0.2) is 170 Å². The van der Waals surface area contributed by atoms with E-state index in [0.29, 0.717) is 0 Å². The lowest BCUT2D eigenvalue weighted by molar-refractivity contribution is 0.652. The van der Waals surface area contributed by atoms with Crippen molar-refractivity contribution in [1.82, 2.24) is 9.97 Å². The number of fused-ring (bicyclic) bond motifs is 6. The Hall–Kier alpha value is -6.38. The van der Waals surface area contributed by atoms with Crippen molar-refractivity contribution in [3.05, 3.63) is 192 Å². The zero-order valence-corrected chi connectivity index (χ0v) is 31.1. The molecule has 0 fully saturated rings. The largest absolute Gasteiger partial charge is 0.228 e. The number of nitrogens with zero attached hydrogens (tertiary/aromatic N) is 2. The van der Waals surface area contributed by atoms with Crippen LogP contribution in [0.5, 0.6) is 0 Å². The van der Waals surface area contributed by atoms with Gasteiger partial charge in [-0.05, 0) is 103 Å². The van der Waals surface area contributed by atoms with E-state index in [1.807, 2.05) is 24.3 Å². The molecule has 54 heavy (non-hydrogen) atoms. The molecule has 258 valence electrons. The van der Waals surface area contributed by atoms with Crippen LogP contribution in [0.25, 0.3) is 78.4 Å². The molecule has 0 spiro atoms. The standard InChI is InChI=1S/C52H40N2/c1-51(2)44-24-12-11-23-40(44)42-30-47-43(31-46(42)51)41-29-38(25-26-45(41)52(47,3)4)36-20-13-19-35(27-36)37-21-14-22-39(28-37)49-32-48(33-15-7-5-8-16-33)53-50(54-49)34-17-9-6-10-18-34/h5-32H,1-4H3. The Morgan fingerprint density at radius 3 is 1.39 bits per heavy atom. The molecule has 7 aromatic carbocycles. The molecule has 0 saturated carbocycles. The first kappa shape index (κ1) is 32.3. The van der Waals surface area contributed by atoms with Crippen LogP contribution < -0.4 is 0 Å². The summed E-state index contributed by atoms with van der Waals surface area (Å²) in [5.74, 6) is 0.721. The molecule has 8 aromatic rings. The molecule has 0 atom stereocenters. The molecule has 0 N–H and O–H groups in total. The van der Waals surface area contributed by atoms with Crippen LogP contribution >= 0.6 is 0 Å². The Balaban J connectivity index is 1.03. The first-order valence-corrected chi connectivity index (χ1v) is 18.9. The average Bonchev–Trinajstić information content (AvgIpc) is 3.59. The van der Waals surface area contributed by atoms with Crippen molar-refractivity contribution < 1.29 is 0 Å². The second kappa shape index (κ2) is 12.1. The molecule has 0 aliphatic heterocycles. The Morgan fingerprint density at radius 1 is 0.296 bits per heavy atom. The van der Waals surface area contributed by atoms with Gasteiger partial charge in [0.1, 0.15) is 0 Å². The normalized spacial score (nSPS) is 14.2. The highest BCUT2D eigenvalue weighted by Crippen LogP contribution is 2.56. The molecule has 0 bridgehead atoms. The molecule has 2 nitrogen and oxygen atoms in total. The van der Waals surface area contributed by atoms with Crippen LogP contribution in [0.4, 0.5) is 0 Å². The summed E-state index contributed by atoms with van der Waals surface area (Å²) in [6.45, 7) is 9.51. The first-order valence-electron chi connectivity index (χ1n) is 18.9. The summed E-state index contributed by atoms with van der Waals surface area (Å²) < 4.78 is 0. The predicted octanol–water partition coefficient (Wildman–Crippen LogP) is 13.4. The minimum atomic E-state index is -0.0794. The van der Waals surface area contributed by atoms with E-state index < -0.39 is 0 Å². The van der Waals surface area contributed by atoms with Crippen molar-refractivity contribution in [1.29, 1.82) is 0 Å². The Kier molecular flexibility index (Phi) is 7.22. The average molecular weight is 693 g/mol. The third-order valence-corrected chi connectivity index (χ3v) is 11.9. The summed E-state index contributed by atoms with van der Waals surface area (Å²) >= 11 is 0. The van der Waals surface area contributed by atoms with E-state index in [2.05, 4.69) is 173 Å². The van der Waals surface area contributed by atoms with Crippen LogP contribution in [0.2, 0.25) is 0 Å². The van der Waals surface area contributed by atoms with Crippen LogP contribution in [0.1, 0.15) is 49.9 Å². The maximum atomic E-state index is 5.09. The number of aromatic nitrogens is 2. The van der Waals surface area contributed by atoms with Gasteiger partial charge in [0.25, 0.3) is 0 Å².